The minimum Gasteiger partial charge on any atom is -0.480 e. The van der Waals surface area contributed by atoms with Crippen LogP contribution in [0, 0.1) is 0 Å². The van der Waals surface area contributed by atoms with Crippen molar-refractivity contribution in [2.45, 2.75) is 39.3 Å². The van der Waals surface area contributed by atoms with E-state index < -0.39 is 23.7 Å². The molecule has 1 atom stereocenters. The molecule has 1 N–H and O–H groups in total. The van der Waals surface area contributed by atoms with Gasteiger partial charge < -0.3 is 9.84 Å². The largest absolute Gasteiger partial charge is 0.480 e. The molecular formula is C12H17NO4S. The highest BCUT2D eigenvalue weighted by Gasteiger charge is 2.31. The quantitative estimate of drug-likeness (QED) is 0.917. The number of carboxylic acids is 1. The first-order valence-corrected chi connectivity index (χ1v) is 6.44. The number of carbonyl (C=O) groups excluding carboxylic acids is 1. The maximum atomic E-state index is 12.0. The lowest BCUT2D eigenvalue weighted by Crippen LogP contribution is -2.45. The van der Waals surface area contributed by atoms with Gasteiger partial charge in [0.05, 0.1) is 5.69 Å². The molecule has 6 heteroatoms. The molecule has 1 aromatic heterocycles. The molecule has 1 rings (SSSR count). The van der Waals surface area contributed by atoms with Crippen molar-refractivity contribution in [2.75, 3.05) is 4.90 Å². The van der Waals surface area contributed by atoms with Crippen molar-refractivity contribution in [1.29, 1.82) is 0 Å². The summed E-state index contributed by atoms with van der Waals surface area (Å²) in [6, 6.07) is 0.711. The molecule has 5 nitrogen and oxygen atoms in total. The normalized spacial score (nSPS) is 12.9. The number of thiophene rings is 1. The Morgan fingerprint density at radius 3 is 2.44 bits per heavy atom. The van der Waals surface area contributed by atoms with E-state index in [0.717, 1.165) is 4.90 Å². The van der Waals surface area contributed by atoms with Crippen LogP contribution < -0.4 is 4.90 Å². The van der Waals surface area contributed by atoms with Crippen molar-refractivity contribution >= 4 is 29.1 Å². The molecule has 0 aliphatic heterocycles. The molecule has 100 valence electrons. The zero-order chi connectivity index (χ0) is 13.9. The number of anilines is 1. The van der Waals surface area contributed by atoms with Gasteiger partial charge in [-0.05, 0) is 39.1 Å². The molecule has 18 heavy (non-hydrogen) atoms. The molecule has 0 radical (unpaired) electrons. The minimum atomic E-state index is -1.08. The number of nitrogens with zero attached hydrogens (tertiary/aromatic N) is 1. The van der Waals surface area contributed by atoms with Gasteiger partial charge >= 0.3 is 12.1 Å². The maximum Gasteiger partial charge on any atom is 0.415 e. The highest BCUT2D eigenvalue weighted by atomic mass is 32.1. The van der Waals surface area contributed by atoms with Crippen LogP contribution in [0.4, 0.5) is 10.5 Å². The molecule has 0 unspecified atom stereocenters. The summed E-state index contributed by atoms with van der Waals surface area (Å²) in [7, 11) is 0. The SMILES string of the molecule is C[C@@H](C(=O)O)N(C(=O)OC(C)(C)C)c1ccsc1. The van der Waals surface area contributed by atoms with Gasteiger partial charge in [-0.2, -0.15) is 11.3 Å². The number of carboxylic acid groups (broad SMARTS) is 1. The molecular weight excluding hydrogens is 254 g/mol. The fraction of sp³-hybridized carbons (Fsp3) is 0.500. The maximum absolute atomic E-state index is 12.0. The van der Waals surface area contributed by atoms with Crippen molar-refractivity contribution in [1.82, 2.24) is 0 Å². The number of carbonyl (C=O) groups is 2. The Labute approximate surface area is 110 Å². The summed E-state index contributed by atoms with van der Waals surface area (Å²) < 4.78 is 5.22. The highest BCUT2D eigenvalue weighted by Crippen LogP contribution is 2.23. The van der Waals surface area contributed by atoms with E-state index in [-0.39, 0.29) is 0 Å². The van der Waals surface area contributed by atoms with E-state index in [1.54, 1.807) is 37.6 Å². The molecule has 0 saturated heterocycles. The standard InChI is InChI=1S/C12H17NO4S/c1-8(10(14)15)13(9-5-6-18-7-9)11(16)17-12(2,3)4/h5-8H,1-4H3,(H,14,15)/t8-/m0/s1. The summed E-state index contributed by atoms with van der Waals surface area (Å²) >= 11 is 1.39. The summed E-state index contributed by atoms with van der Waals surface area (Å²) in [4.78, 5) is 24.3. The lowest BCUT2D eigenvalue weighted by atomic mass is 10.2. The van der Waals surface area contributed by atoms with Gasteiger partial charge in [-0.25, -0.2) is 9.59 Å². The van der Waals surface area contributed by atoms with Gasteiger partial charge in [-0.1, -0.05) is 0 Å². The predicted molar refractivity (Wildman–Crippen MR) is 70.1 cm³/mol. The topological polar surface area (TPSA) is 66.8 Å². The Kier molecular flexibility index (Phi) is 4.34. The van der Waals surface area contributed by atoms with Crippen molar-refractivity contribution < 1.29 is 19.4 Å². The lowest BCUT2D eigenvalue weighted by Gasteiger charge is -2.29. The molecule has 1 amide bonds. The van der Waals surface area contributed by atoms with Gasteiger partial charge in [0, 0.05) is 5.38 Å². The molecule has 0 saturated carbocycles. The number of hydrogen-bond acceptors (Lipinski definition) is 4. The summed E-state index contributed by atoms with van der Waals surface area (Å²) in [5.41, 5.74) is -0.131. The third kappa shape index (κ3) is 3.73. The third-order valence-electron chi connectivity index (χ3n) is 2.12. The van der Waals surface area contributed by atoms with Crippen molar-refractivity contribution in [3.05, 3.63) is 16.8 Å². The first kappa shape index (κ1) is 14.5. The summed E-state index contributed by atoms with van der Waals surface area (Å²) in [5, 5.41) is 12.5. The molecule has 0 fully saturated rings. The third-order valence-corrected chi connectivity index (χ3v) is 2.79. The van der Waals surface area contributed by atoms with Crippen LogP contribution in [0.1, 0.15) is 27.7 Å². The van der Waals surface area contributed by atoms with E-state index in [2.05, 4.69) is 0 Å². The van der Waals surface area contributed by atoms with Crippen molar-refractivity contribution in [3.8, 4) is 0 Å². The van der Waals surface area contributed by atoms with Gasteiger partial charge in [-0.15, -0.1) is 0 Å². The van der Waals surface area contributed by atoms with Crippen LogP contribution in [0.3, 0.4) is 0 Å². The first-order valence-electron chi connectivity index (χ1n) is 5.49. The molecule has 0 aliphatic rings. The molecule has 1 heterocycles. The monoisotopic (exact) mass is 271 g/mol. The Morgan fingerprint density at radius 2 is 2.06 bits per heavy atom. The molecule has 0 aromatic carbocycles. The van der Waals surface area contributed by atoms with Gasteiger partial charge in [0.1, 0.15) is 11.6 Å². The van der Waals surface area contributed by atoms with Crippen molar-refractivity contribution in [3.63, 3.8) is 0 Å². The molecule has 0 spiro atoms. The Morgan fingerprint density at radius 1 is 1.44 bits per heavy atom. The molecule has 1 aromatic rings. The van der Waals surface area contributed by atoms with E-state index in [9.17, 15) is 9.59 Å². The van der Waals surface area contributed by atoms with Gasteiger partial charge in [0.15, 0.2) is 0 Å². The Balaban J connectivity index is 2.99. The number of amides is 1. The van der Waals surface area contributed by atoms with Crippen molar-refractivity contribution in [2.24, 2.45) is 0 Å². The fourth-order valence-corrected chi connectivity index (χ4v) is 1.93. The Hall–Kier alpha value is -1.56. The second-order valence-corrected chi connectivity index (χ2v) is 5.63. The van der Waals surface area contributed by atoms with Gasteiger partial charge in [0.2, 0.25) is 0 Å². The molecule has 0 bridgehead atoms. The predicted octanol–water partition coefficient (Wildman–Crippen LogP) is 2.96. The van der Waals surface area contributed by atoms with Crippen LogP contribution in [0.25, 0.3) is 0 Å². The van der Waals surface area contributed by atoms with E-state index >= 15 is 0 Å². The van der Waals surface area contributed by atoms with E-state index in [1.807, 2.05) is 0 Å². The smallest absolute Gasteiger partial charge is 0.415 e. The van der Waals surface area contributed by atoms with Crippen LogP contribution in [0.5, 0.6) is 0 Å². The second-order valence-electron chi connectivity index (χ2n) is 4.85. The number of ether oxygens (including phenoxy) is 1. The zero-order valence-corrected chi connectivity index (χ0v) is 11.7. The van der Waals surface area contributed by atoms with E-state index in [4.69, 9.17) is 9.84 Å². The van der Waals surface area contributed by atoms with Crippen LogP contribution in [0.15, 0.2) is 16.8 Å². The molecule has 0 aliphatic carbocycles. The number of aliphatic carboxylic acids is 1. The van der Waals surface area contributed by atoms with Crippen LogP contribution in [-0.2, 0) is 9.53 Å². The van der Waals surface area contributed by atoms with Crippen LogP contribution in [0.2, 0.25) is 0 Å². The first-order chi connectivity index (χ1) is 8.22. The zero-order valence-electron chi connectivity index (χ0n) is 10.8. The lowest BCUT2D eigenvalue weighted by molar-refractivity contribution is -0.138. The summed E-state index contributed by atoms with van der Waals surface area (Å²) in [6.45, 7) is 6.66. The number of rotatable bonds is 3. The second kappa shape index (κ2) is 5.39. The fourth-order valence-electron chi connectivity index (χ4n) is 1.30. The average Bonchev–Trinajstić information content (AvgIpc) is 2.67. The van der Waals surface area contributed by atoms with E-state index in [0.29, 0.717) is 5.69 Å². The highest BCUT2D eigenvalue weighted by molar-refractivity contribution is 7.08. The van der Waals surface area contributed by atoms with Crippen LogP contribution >= 0.6 is 11.3 Å². The van der Waals surface area contributed by atoms with E-state index in [1.165, 1.54) is 18.3 Å². The summed E-state index contributed by atoms with van der Waals surface area (Å²) in [6.07, 6.45) is -0.657. The van der Waals surface area contributed by atoms with Crippen LogP contribution in [-0.4, -0.2) is 28.8 Å². The Bertz CT molecular complexity index is 422. The number of hydrogen-bond donors (Lipinski definition) is 1. The van der Waals surface area contributed by atoms with Gasteiger partial charge in [0.25, 0.3) is 0 Å². The van der Waals surface area contributed by atoms with Gasteiger partial charge in [-0.3, -0.25) is 4.90 Å². The summed E-state index contributed by atoms with van der Waals surface area (Å²) in [5.74, 6) is -1.08. The average molecular weight is 271 g/mol. The minimum absolute atomic E-state index is 0.532.